The van der Waals surface area contributed by atoms with Crippen LogP contribution in [0.3, 0.4) is 0 Å². The number of halogens is 1. The normalized spacial score (nSPS) is 37.3. The maximum atomic E-state index is 6.08. The highest BCUT2D eigenvalue weighted by Gasteiger charge is 2.44. The predicted octanol–water partition coefficient (Wildman–Crippen LogP) is 8.02. The van der Waals surface area contributed by atoms with Crippen LogP contribution in [-0.4, -0.2) is 0 Å². The second-order valence-corrected chi connectivity index (χ2v) is 9.71. The summed E-state index contributed by atoms with van der Waals surface area (Å²) in [6.07, 6.45) is 19.3. The van der Waals surface area contributed by atoms with Gasteiger partial charge in [0.05, 0.1) is 0 Å². The summed E-state index contributed by atoms with van der Waals surface area (Å²) in [5.74, 6) is 5.72. The number of benzene rings is 1. The van der Waals surface area contributed by atoms with Crippen molar-refractivity contribution in [2.24, 2.45) is 29.6 Å². The first-order chi connectivity index (χ1) is 12.7. The van der Waals surface area contributed by atoms with E-state index in [1.807, 2.05) is 0 Å². The van der Waals surface area contributed by atoms with Crippen LogP contribution in [0, 0.1) is 29.6 Å². The van der Waals surface area contributed by atoms with E-state index in [4.69, 9.17) is 11.6 Å². The maximum Gasteiger partial charge on any atom is 0.0406 e. The molecule has 0 amide bonds. The molecule has 0 aliphatic heterocycles. The summed E-state index contributed by atoms with van der Waals surface area (Å²) in [7, 11) is 0. The van der Waals surface area contributed by atoms with Crippen molar-refractivity contribution in [3.05, 3.63) is 47.0 Å². The van der Waals surface area contributed by atoms with Crippen LogP contribution in [0.1, 0.15) is 82.6 Å². The molecule has 6 unspecified atom stereocenters. The smallest absolute Gasteiger partial charge is 0.0406 e. The molecule has 0 N–H and O–H groups in total. The summed E-state index contributed by atoms with van der Waals surface area (Å²) >= 11 is 6.08. The molecule has 0 spiro atoms. The van der Waals surface area contributed by atoms with Gasteiger partial charge in [0.15, 0.2) is 0 Å². The zero-order valence-corrected chi connectivity index (χ0v) is 17.1. The second-order valence-electron chi connectivity index (χ2n) is 9.28. The van der Waals surface area contributed by atoms with Crippen LogP contribution in [0.4, 0.5) is 0 Å². The molecule has 0 heterocycles. The van der Waals surface area contributed by atoms with Crippen molar-refractivity contribution in [2.75, 3.05) is 0 Å². The third kappa shape index (κ3) is 4.06. The van der Waals surface area contributed by atoms with Gasteiger partial charge < -0.3 is 0 Å². The molecule has 0 radical (unpaired) electrons. The third-order valence-corrected chi connectivity index (χ3v) is 8.04. The minimum Gasteiger partial charge on any atom is -0.0883 e. The topological polar surface area (TPSA) is 0 Å². The van der Waals surface area contributed by atoms with Gasteiger partial charge in [-0.15, -0.1) is 0 Å². The second kappa shape index (κ2) is 8.51. The lowest BCUT2D eigenvalue weighted by Gasteiger charge is -2.50. The maximum absolute atomic E-state index is 6.08. The molecule has 0 saturated heterocycles. The van der Waals surface area contributed by atoms with Crippen molar-refractivity contribution < 1.29 is 0 Å². The van der Waals surface area contributed by atoms with Crippen LogP contribution in [-0.2, 0) is 0 Å². The molecule has 3 fully saturated rings. The highest BCUT2D eigenvalue weighted by Crippen LogP contribution is 2.54. The number of fused-ring (bicyclic) bond motifs is 3. The zero-order valence-electron chi connectivity index (χ0n) is 16.4. The van der Waals surface area contributed by atoms with Gasteiger partial charge in [-0.3, -0.25) is 0 Å². The minimum atomic E-state index is 0.776. The van der Waals surface area contributed by atoms with E-state index in [0.717, 1.165) is 40.5 Å². The Balaban J connectivity index is 1.36. The van der Waals surface area contributed by atoms with Crippen LogP contribution in [0.2, 0.25) is 5.02 Å². The molecular formula is C25H35Cl. The Labute approximate surface area is 165 Å². The first kappa shape index (κ1) is 18.6. The quantitative estimate of drug-likeness (QED) is 0.470. The molecule has 0 aromatic heterocycles. The molecule has 26 heavy (non-hydrogen) atoms. The fraction of sp³-hybridized carbons (Fsp3) is 0.680. The summed E-state index contributed by atoms with van der Waals surface area (Å²) in [6.45, 7) is 2.28. The van der Waals surface area contributed by atoms with Crippen molar-refractivity contribution in [3.8, 4) is 0 Å². The van der Waals surface area contributed by atoms with Crippen molar-refractivity contribution >= 4 is 11.6 Å². The first-order valence-corrected chi connectivity index (χ1v) is 11.5. The summed E-state index contributed by atoms with van der Waals surface area (Å²) < 4.78 is 0. The van der Waals surface area contributed by atoms with E-state index in [1.54, 1.807) is 0 Å². The molecule has 1 aromatic carbocycles. The van der Waals surface area contributed by atoms with E-state index in [0.29, 0.717) is 0 Å². The highest BCUT2D eigenvalue weighted by atomic mass is 35.5. The fourth-order valence-electron chi connectivity index (χ4n) is 6.50. The summed E-state index contributed by atoms with van der Waals surface area (Å²) in [5, 5.41) is 0.868. The SMILES string of the molecule is CCCC=CC1CCC2C(CCC3CC(c4ccc(Cl)cc4)CCC32)C1. The number of hydrogen-bond acceptors (Lipinski definition) is 0. The van der Waals surface area contributed by atoms with Crippen molar-refractivity contribution in [2.45, 2.75) is 77.0 Å². The molecular weight excluding hydrogens is 336 g/mol. The van der Waals surface area contributed by atoms with Gasteiger partial charge in [-0.2, -0.15) is 0 Å². The van der Waals surface area contributed by atoms with Gasteiger partial charge >= 0.3 is 0 Å². The standard InChI is InChI=1S/C25H35Cl/c1-2-3-4-5-18-6-14-24-21(16-18)7-8-22-17-20(11-15-25(22)24)19-9-12-23(26)13-10-19/h4-5,9-10,12-13,18,20-22,24-25H,2-3,6-8,11,14-17H2,1H3. The Bertz CT molecular complexity index is 601. The number of unbranched alkanes of at least 4 members (excludes halogenated alkanes) is 1. The Morgan fingerprint density at radius 1 is 0.885 bits per heavy atom. The lowest BCUT2D eigenvalue weighted by atomic mass is 9.55. The Hall–Kier alpha value is -0.750. The van der Waals surface area contributed by atoms with Gasteiger partial charge in [-0.25, -0.2) is 0 Å². The Kier molecular flexibility index (Phi) is 6.09. The molecule has 6 atom stereocenters. The van der Waals surface area contributed by atoms with Crippen LogP contribution < -0.4 is 0 Å². The summed E-state index contributed by atoms with van der Waals surface area (Å²) in [6, 6.07) is 8.69. The largest absolute Gasteiger partial charge is 0.0883 e. The lowest BCUT2D eigenvalue weighted by Crippen LogP contribution is -2.41. The molecule has 0 nitrogen and oxygen atoms in total. The van der Waals surface area contributed by atoms with Crippen molar-refractivity contribution in [1.29, 1.82) is 0 Å². The van der Waals surface area contributed by atoms with E-state index in [2.05, 4.69) is 43.3 Å². The van der Waals surface area contributed by atoms with Crippen LogP contribution in [0.15, 0.2) is 36.4 Å². The predicted molar refractivity (Wildman–Crippen MR) is 113 cm³/mol. The number of allylic oxidation sites excluding steroid dienone is 2. The minimum absolute atomic E-state index is 0.776. The van der Waals surface area contributed by atoms with Gasteiger partial charge in [0.25, 0.3) is 0 Å². The van der Waals surface area contributed by atoms with Crippen LogP contribution in [0.5, 0.6) is 0 Å². The molecule has 0 bridgehead atoms. The molecule has 142 valence electrons. The Morgan fingerprint density at radius 3 is 2.31 bits per heavy atom. The van der Waals surface area contributed by atoms with E-state index in [-0.39, 0.29) is 0 Å². The van der Waals surface area contributed by atoms with Crippen LogP contribution >= 0.6 is 11.6 Å². The average Bonchev–Trinajstić information content (AvgIpc) is 2.68. The van der Waals surface area contributed by atoms with Gasteiger partial charge in [0.2, 0.25) is 0 Å². The van der Waals surface area contributed by atoms with Gasteiger partial charge in [-0.1, -0.05) is 49.2 Å². The molecule has 4 rings (SSSR count). The zero-order chi connectivity index (χ0) is 17.9. The summed E-state index contributed by atoms with van der Waals surface area (Å²) in [4.78, 5) is 0. The Morgan fingerprint density at radius 2 is 1.58 bits per heavy atom. The molecule has 1 heteroatoms. The highest BCUT2D eigenvalue weighted by molar-refractivity contribution is 6.30. The van der Waals surface area contributed by atoms with Crippen molar-refractivity contribution in [3.63, 3.8) is 0 Å². The first-order valence-electron chi connectivity index (χ1n) is 11.2. The lowest BCUT2D eigenvalue weighted by molar-refractivity contribution is 0.0127. The molecule has 3 aliphatic carbocycles. The van der Waals surface area contributed by atoms with E-state index in [1.165, 1.54) is 69.8 Å². The van der Waals surface area contributed by atoms with Gasteiger partial charge in [0.1, 0.15) is 0 Å². The number of hydrogen-bond donors (Lipinski definition) is 0. The third-order valence-electron chi connectivity index (χ3n) is 7.79. The van der Waals surface area contributed by atoms with E-state index >= 15 is 0 Å². The van der Waals surface area contributed by atoms with Gasteiger partial charge in [-0.05, 0) is 111 Å². The average molecular weight is 371 g/mol. The van der Waals surface area contributed by atoms with E-state index < -0.39 is 0 Å². The molecule has 3 saturated carbocycles. The van der Waals surface area contributed by atoms with E-state index in [9.17, 15) is 0 Å². The van der Waals surface area contributed by atoms with Crippen LogP contribution in [0.25, 0.3) is 0 Å². The number of rotatable bonds is 4. The molecule has 3 aliphatic rings. The monoisotopic (exact) mass is 370 g/mol. The van der Waals surface area contributed by atoms with Gasteiger partial charge in [0, 0.05) is 5.02 Å². The molecule has 1 aromatic rings. The summed E-state index contributed by atoms with van der Waals surface area (Å²) in [5.41, 5.74) is 1.53. The fourth-order valence-corrected chi connectivity index (χ4v) is 6.62. The van der Waals surface area contributed by atoms with Crippen molar-refractivity contribution in [1.82, 2.24) is 0 Å².